The molecule has 214 valence electrons. The molecule has 2 aliphatic carbocycles. The summed E-state index contributed by atoms with van der Waals surface area (Å²) in [6.07, 6.45) is 8.78. The molecule has 0 bridgehead atoms. The Kier molecular flexibility index (Phi) is 11.5. The first-order chi connectivity index (χ1) is 18.3. The summed E-state index contributed by atoms with van der Waals surface area (Å²) in [5.41, 5.74) is 5.61. The standard InChI is InChI=1S/C26H45N7O5/c1-2-38-23(35)17-33(20-10-11-20)24(36)21(31-26(37)30-14-18-7-4-3-5-8-18)13-22(34)29-15-19-9-6-12-32(16-19)25(27)28/h18-21H,2-17H2,1H3,(H3,27,28)(H,29,34)(H2,30,31,37)/t19-,21-/m0/s1. The van der Waals surface area contributed by atoms with E-state index < -0.39 is 23.9 Å². The first kappa shape index (κ1) is 29.5. The van der Waals surface area contributed by atoms with Crippen LogP contribution in [0.25, 0.3) is 0 Å². The SMILES string of the molecule is CCOC(=O)CN(C(=O)[C@H](CC(=O)NC[C@@H]1CCCN(C(=N)N)C1)NC(=O)NCC1CCCCC1)C1CC1. The van der Waals surface area contributed by atoms with Gasteiger partial charge >= 0.3 is 12.0 Å². The molecule has 0 radical (unpaired) electrons. The zero-order chi connectivity index (χ0) is 27.5. The Hall–Kier alpha value is -3.05. The number of amides is 4. The number of guanidine groups is 1. The fraction of sp³-hybridized carbons (Fsp3) is 0.808. The predicted octanol–water partition coefficient (Wildman–Crippen LogP) is 0.900. The second-order valence-electron chi connectivity index (χ2n) is 10.8. The van der Waals surface area contributed by atoms with Gasteiger partial charge < -0.3 is 36.2 Å². The minimum absolute atomic E-state index is 0.0249. The molecule has 1 aliphatic heterocycles. The van der Waals surface area contributed by atoms with Gasteiger partial charge in [0, 0.05) is 32.2 Å². The summed E-state index contributed by atoms with van der Waals surface area (Å²) in [5.74, 6) is -0.735. The van der Waals surface area contributed by atoms with Crippen molar-refractivity contribution in [3.8, 4) is 0 Å². The van der Waals surface area contributed by atoms with Gasteiger partial charge in [0.25, 0.3) is 0 Å². The van der Waals surface area contributed by atoms with E-state index in [2.05, 4.69) is 16.0 Å². The van der Waals surface area contributed by atoms with Crippen molar-refractivity contribution >= 4 is 29.8 Å². The molecule has 3 aliphatic rings. The van der Waals surface area contributed by atoms with Crippen molar-refractivity contribution in [1.29, 1.82) is 5.41 Å². The van der Waals surface area contributed by atoms with Gasteiger partial charge in [0.1, 0.15) is 12.6 Å². The van der Waals surface area contributed by atoms with Gasteiger partial charge in [-0.15, -0.1) is 0 Å². The lowest BCUT2D eigenvalue weighted by Crippen LogP contribution is -2.55. The average molecular weight is 536 g/mol. The van der Waals surface area contributed by atoms with E-state index in [4.69, 9.17) is 15.9 Å². The number of rotatable bonds is 12. The molecule has 2 saturated carbocycles. The number of piperidine rings is 1. The first-order valence-corrected chi connectivity index (χ1v) is 14.1. The monoisotopic (exact) mass is 535 g/mol. The van der Waals surface area contributed by atoms with Crippen LogP contribution < -0.4 is 21.7 Å². The largest absolute Gasteiger partial charge is 0.465 e. The maximum absolute atomic E-state index is 13.5. The van der Waals surface area contributed by atoms with Crippen LogP contribution in [0.1, 0.15) is 71.1 Å². The van der Waals surface area contributed by atoms with E-state index in [9.17, 15) is 19.2 Å². The Balaban J connectivity index is 1.59. The van der Waals surface area contributed by atoms with Gasteiger partial charge in [-0.2, -0.15) is 0 Å². The number of hydrogen-bond donors (Lipinski definition) is 5. The van der Waals surface area contributed by atoms with Crippen molar-refractivity contribution in [2.45, 2.75) is 83.2 Å². The molecule has 1 saturated heterocycles. The molecule has 2 atom stereocenters. The van der Waals surface area contributed by atoms with E-state index in [0.29, 0.717) is 25.6 Å². The average Bonchev–Trinajstić information content (AvgIpc) is 3.75. The molecule has 0 aromatic heterocycles. The smallest absolute Gasteiger partial charge is 0.325 e. The Morgan fingerprint density at radius 1 is 1.00 bits per heavy atom. The number of carbonyl (C=O) groups is 4. The Bertz CT molecular complexity index is 844. The molecule has 38 heavy (non-hydrogen) atoms. The summed E-state index contributed by atoms with van der Waals surface area (Å²) < 4.78 is 5.04. The second-order valence-corrected chi connectivity index (χ2v) is 10.8. The summed E-state index contributed by atoms with van der Waals surface area (Å²) >= 11 is 0. The second kappa shape index (κ2) is 14.8. The molecule has 0 spiro atoms. The molecule has 3 fully saturated rings. The summed E-state index contributed by atoms with van der Waals surface area (Å²) in [5, 5.41) is 16.1. The van der Waals surface area contributed by atoms with Crippen molar-refractivity contribution < 1.29 is 23.9 Å². The van der Waals surface area contributed by atoms with E-state index in [-0.39, 0.29) is 43.4 Å². The van der Waals surface area contributed by atoms with Crippen LogP contribution in [0.4, 0.5) is 4.79 Å². The van der Waals surface area contributed by atoms with E-state index >= 15 is 0 Å². The van der Waals surface area contributed by atoms with Crippen LogP contribution >= 0.6 is 0 Å². The molecule has 6 N–H and O–H groups in total. The Morgan fingerprint density at radius 2 is 1.68 bits per heavy atom. The summed E-state index contributed by atoms with van der Waals surface area (Å²) in [6.45, 7) is 3.96. The van der Waals surface area contributed by atoms with Gasteiger partial charge in [-0.1, -0.05) is 19.3 Å². The van der Waals surface area contributed by atoms with Gasteiger partial charge in [0.2, 0.25) is 11.8 Å². The van der Waals surface area contributed by atoms with Crippen LogP contribution in [0, 0.1) is 17.2 Å². The molecular weight excluding hydrogens is 490 g/mol. The highest BCUT2D eigenvalue weighted by Gasteiger charge is 2.38. The number of likely N-dealkylation sites (tertiary alicyclic amines) is 1. The fourth-order valence-corrected chi connectivity index (χ4v) is 5.32. The summed E-state index contributed by atoms with van der Waals surface area (Å²) in [7, 11) is 0. The number of esters is 1. The number of nitrogens with one attached hydrogen (secondary N) is 4. The summed E-state index contributed by atoms with van der Waals surface area (Å²) in [4.78, 5) is 54.6. The van der Waals surface area contributed by atoms with Crippen LogP contribution in [0.2, 0.25) is 0 Å². The molecule has 12 heteroatoms. The van der Waals surface area contributed by atoms with E-state index in [1.165, 1.54) is 11.3 Å². The number of urea groups is 1. The third kappa shape index (κ3) is 9.68. The molecule has 12 nitrogen and oxygen atoms in total. The third-order valence-electron chi connectivity index (χ3n) is 7.59. The highest BCUT2D eigenvalue weighted by atomic mass is 16.5. The highest BCUT2D eigenvalue weighted by Crippen LogP contribution is 2.28. The molecular formula is C26H45N7O5. The third-order valence-corrected chi connectivity index (χ3v) is 7.59. The van der Waals surface area contributed by atoms with Crippen LogP contribution in [0.15, 0.2) is 0 Å². The zero-order valence-electron chi connectivity index (χ0n) is 22.6. The Morgan fingerprint density at radius 3 is 2.34 bits per heavy atom. The number of hydrogen-bond acceptors (Lipinski definition) is 6. The summed E-state index contributed by atoms with van der Waals surface area (Å²) in [6, 6.07) is -1.68. The number of nitrogens with two attached hydrogens (primary N) is 1. The van der Waals surface area contributed by atoms with Gasteiger partial charge in [-0.25, -0.2) is 4.79 Å². The lowest BCUT2D eigenvalue weighted by Gasteiger charge is -2.33. The maximum Gasteiger partial charge on any atom is 0.325 e. The number of ether oxygens (including phenoxy) is 1. The first-order valence-electron chi connectivity index (χ1n) is 14.1. The molecule has 0 unspecified atom stereocenters. The molecule has 3 rings (SSSR count). The van der Waals surface area contributed by atoms with Crippen molar-refractivity contribution in [1.82, 2.24) is 25.8 Å². The Labute approximate surface area is 225 Å². The topological polar surface area (TPSA) is 170 Å². The predicted molar refractivity (Wildman–Crippen MR) is 142 cm³/mol. The minimum atomic E-state index is -1.10. The van der Waals surface area contributed by atoms with Gasteiger partial charge in [0.05, 0.1) is 13.0 Å². The van der Waals surface area contributed by atoms with Crippen molar-refractivity contribution in [3.05, 3.63) is 0 Å². The van der Waals surface area contributed by atoms with Crippen LogP contribution in [-0.4, -0.2) is 91.0 Å². The number of nitrogens with zero attached hydrogens (tertiary/aromatic N) is 2. The molecule has 0 aromatic rings. The van der Waals surface area contributed by atoms with E-state index in [0.717, 1.165) is 57.9 Å². The quantitative estimate of drug-likeness (QED) is 0.140. The van der Waals surface area contributed by atoms with E-state index in [1.807, 2.05) is 0 Å². The zero-order valence-corrected chi connectivity index (χ0v) is 22.6. The lowest BCUT2D eigenvalue weighted by molar-refractivity contribution is -0.150. The lowest BCUT2D eigenvalue weighted by atomic mass is 9.89. The van der Waals surface area contributed by atoms with Crippen LogP contribution in [0.3, 0.4) is 0 Å². The minimum Gasteiger partial charge on any atom is -0.465 e. The van der Waals surface area contributed by atoms with Gasteiger partial charge in [-0.05, 0) is 57.3 Å². The van der Waals surface area contributed by atoms with E-state index in [1.54, 1.807) is 11.8 Å². The van der Waals surface area contributed by atoms with Crippen molar-refractivity contribution in [2.75, 3.05) is 39.3 Å². The fourth-order valence-electron chi connectivity index (χ4n) is 5.32. The van der Waals surface area contributed by atoms with Crippen LogP contribution in [-0.2, 0) is 19.1 Å². The highest BCUT2D eigenvalue weighted by molar-refractivity contribution is 5.93. The van der Waals surface area contributed by atoms with Gasteiger partial charge in [0.15, 0.2) is 5.96 Å². The van der Waals surface area contributed by atoms with Gasteiger partial charge in [-0.3, -0.25) is 19.8 Å². The number of carbonyl (C=O) groups excluding carboxylic acids is 4. The van der Waals surface area contributed by atoms with Crippen LogP contribution in [0.5, 0.6) is 0 Å². The molecule has 4 amide bonds. The maximum atomic E-state index is 13.5. The normalized spacial score (nSPS) is 20.7. The molecule has 1 heterocycles. The molecule has 0 aromatic carbocycles. The van der Waals surface area contributed by atoms with Crippen molar-refractivity contribution in [2.24, 2.45) is 17.6 Å². The van der Waals surface area contributed by atoms with Crippen molar-refractivity contribution in [3.63, 3.8) is 0 Å².